The number of rotatable bonds is 9. The second-order valence-corrected chi connectivity index (χ2v) is 9.51. The van der Waals surface area contributed by atoms with E-state index >= 15 is 0 Å². The molecule has 2 amide bonds. The van der Waals surface area contributed by atoms with E-state index in [0.29, 0.717) is 24.3 Å². The van der Waals surface area contributed by atoms with E-state index in [2.05, 4.69) is 10.6 Å². The Balaban J connectivity index is 2.05. The second kappa shape index (κ2) is 10.5. The fourth-order valence-corrected chi connectivity index (χ4v) is 4.45. The monoisotopic (exact) mass is 445 g/mol. The molecule has 0 fully saturated rings. The lowest BCUT2D eigenvalue weighted by atomic mass is 10.1. The van der Waals surface area contributed by atoms with Crippen LogP contribution in [0, 0.1) is 5.92 Å². The average molecular weight is 446 g/mol. The highest BCUT2D eigenvalue weighted by Crippen LogP contribution is 2.20. The lowest BCUT2D eigenvalue weighted by Gasteiger charge is -2.19. The van der Waals surface area contributed by atoms with Crippen molar-refractivity contribution < 1.29 is 18.0 Å². The van der Waals surface area contributed by atoms with Crippen LogP contribution in [-0.2, 0) is 14.8 Å². The molecule has 0 saturated heterocycles. The number of hydrogen-bond donors (Lipinski definition) is 2. The topological polar surface area (TPSA) is 95.6 Å². The van der Waals surface area contributed by atoms with Crippen molar-refractivity contribution in [2.45, 2.75) is 45.6 Å². The van der Waals surface area contributed by atoms with Crippen LogP contribution in [0.25, 0.3) is 0 Å². The van der Waals surface area contributed by atoms with Gasteiger partial charge in [-0.1, -0.05) is 39.8 Å². The summed E-state index contributed by atoms with van der Waals surface area (Å²) in [6, 6.07) is 12.9. The predicted octanol–water partition coefficient (Wildman–Crippen LogP) is 3.80. The van der Waals surface area contributed by atoms with E-state index in [1.807, 2.05) is 20.8 Å². The Bertz CT molecular complexity index is 996. The largest absolute Gasteiger partial charge is 0.346 e. The van der Waals surface area contributed by atoms with Gasteiger partial charge in [-0.25, -0.2) is 8.42 Å². The standard InChI is InChI=1S/C23H31N3O4S/c1-6-26(7-2)31(29,30)21-14-10-18(11-15-21)17(5)24-23(28)19-8-12-20(13-9-19)25-22(27)16(3)4/h8-17H,6-7H2,1-5H3,(H,24,28)(H,25,27). The fourth-order valence-electron chi connectivity index (χ4n) is 3.00. The summed E-state index contributed by atoms with van der Waals surface area (Å²) in [4.78, 5) is 24.6. The van der Waals surface area contributed by atoms with Crippen molar-refractivity contribution >= 4 is 27.5 Å². The molecule has 0 aliphatic carbocycles. The molecule has 2 rings (SSSR count). The van der Waals surface area contributed by atoms with Gasteiger partial charge in [0.25, 0.3) is 5.91 Å². The molecule has 8 heteroatoms. The molecule has 0 bridgehead atoms. The van der Waals surface area contributed by atoms with Gasteiger partial charge in [0, 0.05) is 30.3 Å². The maximum Gasteiger partial charge on any atom is 0.251 e. The van der Waals surface area contributed by atoms with Crippen molar-refractivity contribution in [3.05, 3.63) is 59.7 Å². The Morgan fingerprint density at radius 1 is 0.903 bits per heavy atom. The van der Waals surface area contributed by atoms with Crippen molar-refractivity contribution in [1.82, 2.24) is 9.62 Å². The zero-order valence-electron chi connectivity index (χ0n) is 18.7. The van der Waals surface area contributed by atoms with E-state index in [9.17, 15) is 18.0 Å². The van der Waals surface area contributed by atoms with Crippen LogP contribution in [0.5, 0.6) is 0 Å². The zero-order valence-corrected chi connectivity index (χ0v) is 19.5. The number of nitrogens with one attached hydrogen (secondary N) is 2. The summed E-state index contributed by atoms with van der Waals surface area (Å²) in [6.45, 7) is 9.88. The maximum absolute atomic E-state index is 12.6. The normalized spacial score (nSPS) is 12.6. The molecule has 0 aromatic heterocycles. The molecular formula is C23H31N3O4S. The first kappa shape index (κ1) is 24.6. The van der Waals surface area contributed by atoms with E-state index < -0.39 is 10.0 Å². The van der Waals surface area contributed by atoms with Crippen LogP contribution in [0.15, 0.2) is 53.4 Å². The highest BCUT2D eigenvalue weighted by Gasteiger charge is 2.21. The van der Waals surface area contributed by atoms with Gasteiger partial charge in [0.05, 0.1) is 10.9 Å². The van der Waals surface area contributed by atoms with Crippen molar-refractivity contribution in [2.24, 2.45) is 5.92 Å². The summed E-state index contributed by atoms with van der Waals surface area (Å²) in [7, 11) is -3.51. The Morgan fingerprint density at radius 2 is 1.45 bits per heavy atom. The van der Waals surface area contributed by atoms with Crippen LogP contribution in [0.4, 0.5) is 5.69 Å². The number of hydrogen-bond acceptors (Lipinski definition) is 4. The van der Waals surface area contributed by atoms with Crippen molar-refractivity contribution in [2.75, 3.05) is 18.4 Å². The SMILES string of the molecule is CCN(CC)S(=O)(=O)c1ccc(C(C)NC(=O)c2ccc(NC(=O)C(C)C)cc2)cc1. The Kier molecular flexibility index (Phi) is 8.36. The van der Waals surface area contributed by atoms with E-state index in [1.54, 1.807) is 62.4 Å². The molecule has 7 nitrogen and oxygen atoms in total. The third kappa shape index (κ3) is 6.15. The van der Waals surface area contributed by atoms with Crippen molar-refractivity contribution in [3.63, 3.8) is 0 Å². The number of sulfonamides is 1. The molecule has 0 aliphatic rings. The van der Waals surface area contributed by atoms with Gasteiger partial charge in [0.1, 0.15) is 0 Å². The van der Waals surface area contributed by atoms with Crippen LogP contribution in [0.3, 0.4) is 0 Å². The minimum absolute atomic E-state index is 0.0859. The van der Waals surface area contributed by atoms with Gasteiger partial charge in [-0.15, -0.1) is 0 Å². The lowest BCUT2D eigenvalue weighted by Crippen LogP contribution is -2.30. The van der Waals surface area contributed by atoms with Gasteiger partial charge in [-0.3, -0.25) is 9.59 Å². The molecule has 0 aliphatic heterocycles. The number of anilines is 1. The summed E-state index contributed by atoms with van der Waals surface area (Å²) < 4.78 is 26.6. The Morgan fingerprint density at radius 3 is 1.94 bits per heavy atom. The minimum Gasteiger partial charge on any atom is -0.346 e. The molecule has 2 N–H and O–H groups in total. The first-order chi connectivity index (χ1) is 14.6. The Hall–Kier alpha value is -2.71. The van der Waals surface area contributed by atoms with Gasteiger partial charge in [0.15, 0.2) is 0 Å². The summed E-state index contributed by atoms with van der Waals surface area (Å²) >= 11 is 0. The zero-order chi connectivity index (χ0) is 23.2. The fraction of sp³-hybridized carbons (Fsp3) is 0.391. The van der Waals surface area contributed by atoms with Crippen LogP contribution >= 0.6 is 0 Å². The number of amides is 2. The van der Waals surface area contributed by atoms with Crippen molar-refractivity contribution in [3.8, 4) is 0 Å². The average Bonchev–Trinajstić information content (AvgIpc) is 2.74. The van der Waals surface area contributed by atoms with Crippen LogP contribution < -0.4 is 10.6 Å². The molecule has 2 aromatic rings. The highest BCUT2D eigenvalue weighted by atomic mass is 32.2. The van der Waals surface area contributed by atoms with Crippen LogP contribution in [0.2, 0.25) is 0 Å². The van der Waals surface area contributed by atoms with Gasteiger partial charge < -0.3 is 10.6 Å². The minimum atomic E-state index is -3.51. The first-order valence-corrected chi connectivity index (χ1v) is 11.9. The summed E-state index contributed by atoms with van der Waals surface area (Å²) in [6.07, 6.45) is 0. The molecule has 0 heterocycles. The predicted molar refractivity (Wildman–Crippen MR) is 122 cm³/mol. The summed E-state index contributed by atoms with van der Waals surface area (Å²) in [5, 5.41) is 5.69. The Labute approximate surface area is 184 Å². The van der Waals surface area contributed by atoms with Gasteiger partial charge >= 0.3 is 0 Å². The summed E-state index contributed by atoms with van der Waals surface area (Å²) in [5.41, 5.74) is 1.90. The summed E-state index contributed by atoms with van der Waals surface area (Å²) in [5.74, 6) is -0.469. The molecule has 1 atom stereocenters. The first-order valence-electron chi connectivity index (χ1n) is 10.4. The third-order valence-corrected chi connectivity index (χ3v) is 7.07. The molecule has 168 valence electrons. The molecule has 0 spiro atoms. The van der Waals surface area contributed by atoms with Gasteiger partial charge in [0.2, 0.25) is 15.9 Å². The van der Waals surface area contributed by atoms with E-state index in [0.717, 1.165) is 5.56 Å². The third-order valence-electron chi connectivity index (χ3n) is 5.01. The van der Waals surface area contributed by atoms with Crippen LogP contribution in [-0.4, -0.2) is 37.6 Å². The molecule has 0 radical (unpaired) electrons. The molecule has 0 saturated carbocycles. The van der Waals surface area contributed by atoms with E-state index in [4.69, 9.17) is 0 Å². The number of benzene rings is 2. The highest BCUT2D eigenvalue weighted by molar-refractivity contribution is 7.89. The molecule has 1 unspecified atom stereocenters. The van der Waals surface area contributed by atoms with Gasteiger partial charge in [-0.05, 0) is 48.9 Å². The quantitative estimate of drug-likeness (QED) is 0.614. The van der Waals surface area contributed by atoms with E-state index in [1.165, 1.54) is 4.31 Å². The maximum atomic E-state index is 12.6. The number of carbonyl (C=O) groups excluding carboxylic acids is 2. The molecule has 2 aromatic carbocycles. The second-order valence-electron chi connectivity index (χ2n) is 7.57. The van der Waals surface area contributed by atoms with Gasteiger partial charge in [-0.2, -0.15) is 4.31 Å². The molecule has 31 heavy (non-hydrogen) atoms. The van der Waals surface area contributed by atoms with Crippen molar-refractivity contribution in [1.29, 1.82) is 0 Å². The van der Waals surface area contributed by atoms with E-state index in [-0.39, 0.29) is 28.7 Å². The van der Waals surface area contributed by atoms with Crippen LogP contribution in [0.1, 0.15) is 56.6 Å². The number of nitrogens with zero attached hydrogens (tertiary/aromatic N) is 1. The molecular weight excluding hydrogens is 414 g/mol. The smallest absolute Gasteiger partial charge is 0.251 e. The lowest BCUT2D eigenvalue weighted by molar-refractivity contribution is -0.118. The number of carbonyl (C=O) groups is 2.